The van der Waals surface area contributed by atoms with Crippen LogP contribution in [0.1, 0.15) is 12.0 Å². The zero-order valence-electron chi connectivity index (χ0n) is 21.2. The van der Waals surface area contributed by atoms with Gasteiger partial charge in [0.05, 0.1) is 17.6 Å². The SMILES string of the molecule is O=C1CN(CCCN(C(=O)C(F)(F)F)c2ccc(-c3nc4ccccc4n3Cc3ccccc3)cc2)CCN1. The van der Waals surface area contributed by atoms with Gasteiger partial charge in [-0.3, -0.25) is 14.5 Å². The lowest BCUT2D eigenvalue weighted by atomic mass is 10.1. The largest absolute Gasteiger partial charge is 0.471 e. The van der Waals surface area contributed by atoms with E-state index < -0.39 is 12.1 Å². The number of carbonyl (C=O) groups is 2. The summed E-state index contributed by atoms with van der Waals surface area (Å²) in [6, 6.07) is 24.1. The topological polar surface area (TPSA) is 70.5 Å². The molecule has 5 rings (SSSR count). The number of piperazine rings is 1. The van der Waals surface area contributed by atoms with E-state index in [9.17, 15) is 22.8 Å². The van der Waals surface area contributed by atoms with E-state index >= 15 is 0 Å². The molecule has 10 heteroatoms. The zero-order chi connectivity index (χ0) is 27.4. The second-order valence-corrected chi connectivity index (χ2v) is 9.48. The van der Waals surface area contributed by atoms with Crippen LogP contribution >= 0.6 is 0 Å². The van der Waals surface area contributed by atoms with Crippen molar-refractivity contribution in [2.45, 2.75) is 19.1 Å². The van der Waals surface area contributed by atoms with Crippen molar-refractivity contribution in [3.8, 4) is 11.4 Å². The number of hydrogen-bond donors (Lipinski definition) is 1. The Labute approximate surface area is 223 Å². The first kappa shape index (κ1) is 26.4. The minimum atomic E-state index is -5.01. The number of rotatable bonds is 8. The van der Waals surface area contributed by atoms with E-state index in [-0.39, 0.29) is 24.7 Å². The van der Waals surface area contributed by atoms with Crippen LogP contribution in [0.25, 0.3) is 22.4 Å². The summed E-state index contributed by atoms with van der Waals surface area (Å²) >= 11 is 0. The van der Waals surface area contributed by atoms with Crippen LogP contribution in [0.2, 0.25) is 0 Å². The van der Waals surface area contributed by atoms with Crippen LogP contribution in [0.5, 0.6) is 0 Å². The van der Waals surface area contributed by atoms with E-state index in [2.05, 4.69) is 9.88 Å². The number of halogens is 3. The summed E-state index contributed by atoms with van der Waals surface area (Å²) in [4.78, 5) is 31.4. The Morgan fingerprint density at radius 3 is 2.41 bits per heavy atom. The lowest BCUT2D eigenvalue weighted by molar-refractivity contribution is -0.170. The molecule has 1 N–H and O–H groups in total. The third-order valence-electron chi connectivity index (χ3n) is 6.74. The molecule has 2 heterocycles. The van der Waals surface area contributed by atoms with Crippen molar-refractivity contribution in [1.82, 2.24) is 19.8 Å². The molecule has 1 fully saturated rings. The van der Waals surface area contributed by atoms with Crippen molar-refractivity contribution in [3.05, 3.63) is 84.4 Å². The van der Waals surface area contributed by atoms with Crippen LogP contribution in [-0.4, -0.2) is 65.2 Å². The van der Waals surface area contributed by atoms with Crippen LogP contribution in [0.3, 0.4) is 0 Å². The number of nitrogens with one attached hydrogen (secondary N) is 1. The molecular formula is C29H28F3N5O2. The Bertz CT molecular complexity index is 1450. The van der Waals surface area contributed by atoms with Crippen molar-refractivity contribution in [2.75, 3.05) is 37.6 Å². The highest BCUT2D eigenvalue weighted by Crippen LogP contribution is 2.29. The number of anilines is 1. The Morgan fingerprint density at radius 1 is 0.974 bits per heavy atom. The smallest absolute Gasteiger partial charge is 0.354 e. The van der Waals surface area contributed by atoms with Gasteiger partial charge < -0.3 is 14.8 Å². The van der Waals surface area contributed by atoms with E-state index in [1.165, 1.54) is 12.1 Å². The summed E-state index contributed by atoms with van der Waals surface area (Å²) < 4.78 is 42.5. The number of para-hydroxylation sites is 2. The van der Waals surface area contributed by atoms with Crippen LogP contribution < -0.4 is 10.2 Å². The number of nitrogens with zero attached hydrogens (tertiary/aromatic N) is 4. The van der Waals surface area contributed by atoms with Gasteiger partial charge in [-0.1, -0.05) is 42.5 Å². The molecule has 202 valence electrons. The van der Waals surface area contributed by atoms with Crippen molar-refractivity contribution in [2.24, 2.45) is 0 Å². The van der Waals surface area contributed by atoms with Gasteiger partial charge in [0.1, 0.15) is 5.82 Å². The van der Waals surface area contributed by atoms with E-state index in [0.29, 0.717) is 38.4 Å². The summed E-state index contributed by atoms with van der Waals surface area (Å²) in [6.07, 6.45) is -4.71. The molecule has 0 radical (unpaired) electrons. The molecule has 2 amide bonds. The summed E-state index contributed by atoms with van der Waals surface area (Å²) in [7, 11) is 0. The Balaban J connectivity index is 1.40. The zero-order valence-corrected chi connectivity index (χ0v) is 21.2. The quantitative estimate of drug-likeness (QED) is 0.362. The maximum absolute atomic E-state index is 13.5. The van der Waals surface area contributed by atoms with Gasteiger partial charge in [0.15, 0.2) is 0 Å². The van der Waals surface area contributed by atoms with Gasteiger partial charge in [-0.25, -0.2) is 4.98 Å². The molecule has 7 nitrogen and oxygen atoms in total. The number of aromatic nitrogens is 2. The maximum atomic E-state index is 13.5. The second-order valence-electron chi connectivity index (χ2n) is 9.48. The molecule has 39 heavy (non-hydrogen) atoms. The Kier molecular flexibility index (Phi) is 7.65. The number of benzene rings is 3. The predicted octanol–water partition coefficient (Wildman–Crippen LogP) is 4.47. The van der Waals surface area contributed by atoms with Gasteiger partial charge in [-0.05, 0) is 48.4 Å². The molecule has 1 aliphatic rings. The average Bonchev–Trinajstić information content (AvgIpc) is 3.29. The van der Waals surface area contributed by atoms with Crippen molar-refractivity contribution < 1.29 is 22.8 Å². The molecule has 1 aliphatic heterocycles. The van der Waals surface area contributed by atoms with Gasteiger partial charge in [0, 0.05) is 44.0 Å². The van der Waals surface area contributed by atoms with Crippen molar-refractivity contribution >= 4 is 28.5 Å². The summed E-state index contributed by atoms with van der Waals surface area (Å²) in [5, 5.41) is 2.72. The summed E-state index contributed by atoms with van der Waals surface area (Å²) in [5.41, 5.74) is 3.73. The van der Waals surface area contributed by atoms with Crippen LogP contribution in [-0.2, 0) is 16.1 Å². The molecule has 3 aromatic carbocycles. The van der Waals surface area contributed by atoms with E-state index in [1.54, 1.807) is 12.1 Å². The maximum Gasteiger partial charge on any atom is 0.471 e. The highest BCUT2D eigenvalue weighted by molar-refractivity contribution is 5.97. The molecule has 0 spiro atoms. The van der Waals surface area contributed by atoms with Gasteiger partial charge >= 0.3 is 12.1 Å². The highest BCUT2D eigenvalue weighted by atomic mass is 19.4. The van der Waals surface area contributed by atoms with E-state index in [0.717, 1.165) is 27.1 Å². The fourth-order valence-electron chi connectivity index (χ4n) is 4.85. The molecule has 0 bridgehead atoms. The molecule has 0 atom stereocenters. The molecule has 1 aromatic heterocycles. The van der Waals surface area contributed by atoms with Gasteiger partial charge in [-0.2, -0.15) is 13.2 Å². The Morgan fingerprint density at radius 2 is 1.69 bits per heavy atom. The van der Waals surface area contributed by atoms with Crippen molar-refractivity contribution in [3.63, 3.8) is 0 Å². The number of hydrogen-bond acceptors (Lipinski definition) is 4. The first-order valence-electron chi connectivity index (χ1n) is 12.8. The molecule has 4 aromatic rings. The Hall–Kier alpha value is -4.18. The monoisotopic (exact) mass is 535 g/mol. The number of imidazole rings is 1. The second kappa shape index (κ2) is 11.3. The third-order valence-corrected chi connectivity index (χ3v) is 6.74. The fraction of sp³-hybridized carbons (Fsp3) is 0.276. The van der Waals surface area contributed by atoms with Gasteiger partial charge in [0.25, 0.3) is 0 Å². The molecule has 1 saturated heterocycles. The van der Waals surface area contributed by atoms with Crippen LogP contribution in [0.4, 0.5) is 18.9 Å². The standard InChI is InChI=1S/C29H28F3N5O2/c30-29(31,32)28(39)36(17-6-16-35-18-15-33-26(38)20-35)23-13-11-22(12-14-23)27-34-24-9-4-5-10-25(24)37(27)19-21-7-2-1-3-8-21/h1-5,7-14H,6,15-20H2,(H,33,38). The predicted molar refractivity (Wildman–Crippen MR) is 143 cm³/mol. The molecule has 0 saturated carbocycles. The normalized spacial score (nSPS) is 14.4. The molecule has 0 aliphatic carbocycles. The minimum Gasteiger partial charge on any atom is -0.354 e. The first-order valence-corrected chi connectivity index (χ1v) is 12.8. The van der Waals surface area contributed by atoms with Gasteiger partial charge in [0.2, 0.25) is 5.91 Å². The fourth-order valence-corrected chi connectivity index (χ4v) is 4.85. The minimum absolute atomic E-state index is 0.113. The third kappa shape index (κ3) is 6.12. The summed E-state index contributed by atoms with van der Waals surface area (Å²) in [6.45, 7) is 2.19. The summed E-state index contributed by atoms with van der Waals surface area (Å²) in [5.74, 6) is -1.34. The number of alkyl halides is 3. The van der Waals surface area contributed by atoms with E-state index in [4.69, 9.17) is 4.98 Å². The first-order chi connectivity index (χ1) is 18.8. The highest BCUT2D eigenvalue weighted by Gasteiger charge is 2.43. The lowest BCUT2D eigenvalue weighted by Gasteiger charge is -2.28. The van der Waals surface area contributed by atoms with E-state index in [1.807, 2.05) is 59.5 Å². The van der Waals surface area contributed by atoms with Crippen LogP contribution in [0.15, 0.2) is 78.9 Å². The molecular weight excluding hydrogens is 507 g/mol. The lowest BCUT2D eigenvalue weighted by Crippen LogP contribution is -2.48. The average molecular weight is 536 g/mol. The number of fused-ring (bicyclic) bond motifs is 1. The number of amides is 2. The molecule has 0 unspecified atom stereocenters. The van der Waals surface area contributed by atoms with Crippen molar-refractivity contribution in [1.29, 1.82) is 0 Å². The van der Waals surface area contributed by atoms with Gasteiger partial charge in [-0.15, -0.1) is 0 Å². The number of carbonyl (C=O) groups excluding carboxylic acids is 2. The van der Waals surface area contributed by atoms with Crippen LogP contribution in [0, 0.1) is 0 Å².